The van der Waals surface area contributed by atoms with Crippen LogP contribution >= 0.6 is 11.6 Å². The quantitative estimate of drug-likeness (QED) is 0.771. The number of amides is 1. The van der Waals surface area contributed by atoms with E-state index in [-0.39, 0.29) is 5.69 Å². The minimum absolute atomic E-state index is 0.338. The molecule has 0 fully saturated rings. The molecule has 2 aromatic carbocycles. The van der Waals surface area contributed by atoms with Crippen molar-refractivity contribution in [2.24, 2.45) is 0 Å². The molecule has 0 aromatic heterocycles. The van der Waals surface area contributed by atoms with E-state index in [0.29, 0.717) is 10.8 Å². The zero-order chi connectivity index (χ0) is 19.3. The van der Waals surface area contributed by atoms with Gasteiger partial charge in [-0.1, -0.05) is 11.6 Å². The lowest BCUT2D eigenvalue weighted by Gasteiger charge is -2.12. The van der Waals surface area contributed by atoms with Gasteiger partial charge in [0.15, 0.2) is 13.2 Å². The Bertz CT molecular complexity index is 819. The van der Waals surface area contributed by atoms with Crippen LogP contribution in [0.1, 0.15) is 11.1 Å². The molecule has 0 bridgehead atoms. The van der Waals surface area contributed by atoms with Gasteiger partial charge in [-0.3, -0.25) is 4.79 Å². The van der Waals surface area contributed by atoms with Gasteiger partial charge in [0.1, 0.15) is 17.4 Å². The van der Waals surface area contributed by atoms with Gasteiger partial charge >= 0.3 is 5.97 Å². The van der Waals surface area contributed by atoms with Crippen LogP contribution in [0.5, 0.6) is 5.75 Å². The fourth-order valence-corrected chi connectivity index (χ4v) is 2.55. The number of esters is 1. The van der Waals surface area contributed by atoms with Crippen LogP contribution in [0.15, 0.2) is 30.3 Å². The van der Waals surface area contributed by atoms with Crippen LogP contribution in [0, 0.1) is 25.5 Å². The number of carbonyl (C=O) groups excluding carboxylic acids is 2. The number of aryl methyl sites for hydroxylation is 2. The van der Waals surface area contributed by atoms with Gasteiger partial charge < -0.3 is 14.8 Å². The summed E-state index contributed by atoms with van der Waals surface area (Å²) in [4.78, 5) is 23.4. The lowest BCUT2D eigenvalue weighted by atomic mass is 10.1. The molecule has 2 aromatic rings. The maximum Gasteiger partial charge on any atom is 0.344 e. The van der Waals surface area contributed by atoms with Crippen LogP contribution in [-0.4, -0.2) is 25.1 Å². The van der Waals surface area contributed by atoms with Gasteiger partial charge in [-0.05, 0) is 49.2 Å². The van der Waals surface area contributed by atoms with E-state index in [0.717, 1.165) is 29.3 Å². The molecule has 0 heterocycles. The maximum atomic E-state index is 13.4. The zero-order valence-electron chi connectivity index (χ0n) is 14.1. The molecule has 0 radical (unpaired) electrons. The average molecular weight is 384 g/mol. The molecule has 0 unspecified atom stereocenters. The van der Waals surface area contributed by atoms with Crippen LogP contribution in [-0.2, 0) is 14.3 Å². The number of rotatable bonds is 6. The van der Waals surface area contributed by atoms with E-state index in [1.54, 1.807) is 26.0 Å². The van der Waals surface area contributed by atoms with Gasteiger partial charge in [-0.2, -0.15) is 0 Å². The first kappa shape index (κ1) is 19.7. The second kappa shape index (κ2) is 8.62. The predicted molar refractivity (Wildman–Crippen MR) is 92.4 cm³/mol. The van der Waals surface area contributed by atoms with E-state index < -0.39 is 36.7 Å². The number of halogens is 3. The summed E-state index contributed by atoms with van der Waals surface area (Å²) in [5.74, 6) is -2.60. The molecule has 0 saturated heterocycles. The highest BCUT2D eigenvalue weighted by Gasteiger charge is 2.13. The number of hydrogen-bond donors (Lipinski definition) is 1. The molecule has 1 amide bonds. The van der Waals surface area contributed by atoms with Crippen molar-refractivity contribution in [3.8, 4) is 5.75 Å². The number of benzene rings is 2. The Morgan fingerprint density at radius 2 is 1.73 bits per heavy atom. The summed E-state index contributed by atoms with van der Waals surface area (Å²) in [6.45, 7) is 2.49. The molecule has 0 saturated carbocycles. The van der Waals surface area contributed by atoms with Crippen molar-refractivity contribution in [2.75, 3.05) is 18.5 Å². The summed E-state index contributed by atoms with van der Waals surface area (Å²) in [6, 6.07) is 6.00. The van der Waals surface area contributed by atoms with E-state index >= 15 is 0 Å². The second-order valence-corrected chi connectivity index (χ2v) is 5.93. The Morgan fingerprint density at radius 1 is 1.08 bits per heavy atom. The minimum atomic E-state index is -0.804. The van der Waals surface area contributed by atoms with Gasteiger partial charge in [0.25, 0.3) is 5.91 Å². The van der Waals surface area contributed by atoms with Crippen LogP contribution in [0.3, 0.4) is 0 Å². The van der Waals surface area contributed by atoms with Gasteiger partial charge in [0, 0.05) is 11.1 Å². The molecule has 1 N–H and O–H groups in total. The number of anilines is 1. The normalized spacial score (nSPS) is 10.3. The van der Waals surface area contributed by atoms with Crippen LogP contribution in [0.4, 0.5) is 14.5 Å². The van der Waals surface area contributed by atoms with Crippen molar-refractivity contribution >= 4 is 29.2 Å². The summed E-state index contributed by atoms with van der Waals surface area (Å²) >= 11 is 5.92. The largest absolute Gasteiger partial charge is 0.481 e. The Kier molecular flexibility index (Phi) is 6.52. The first-order valence-electron chi connectivity index (χ1n) is 7.56. The van der Waals surface area contributed by atoms with Gasteiger partial charge in [0.2, 0.25) is 0 Å². The molecule has 138 valence electrons. The van der Waals surface area contributed by atoms with Crippen molar-refractivity contribution in [3.63, 3.8) is 0 Å². The summed E-state index contributed by atoms with van der Waals surface area (Å²) < 4.78 is 36.6. The fourth-order valence-electron chi connectivity index (χ4n) is 2.22. The Hall–Kier alpha value is -2.67. The molecule has 0 atom stereocenters. The number of carbonyl (C=O) groups is 2. The molecule has 0 aliphatic rings. The lowest BCUT2D eigenvalue weighted by molar-refractivity contribution is -0.149. The highest BCUT2D eigenvalue weighted by molar-refractivity contribution is 6.30. The Balaban J connectivity index is 1.83. The number of nitrogens with one attached hydrogen (secondary N) is 1. The van der Waals surface area contributed by atoms with Crippen molar-refractivity contribution in [2.45, 2.75) is 13.8 Å². The van der Waals surface area contributed by atoms with Crippen molar-refractivity contribution in [1.29, 1.82) is 0 Å². The molecule has 0 spiro atoms. The molecule has 0 aliphatic heterocycles. The third-order valence-electron chi connectivity index (χ3n) is 3.33. The summed E-state index contributed by atoms with van der Waals surface area (Å²) in [7, 11) is 0. The van der Waals surface area contributed by atoms with E-state index in [2.05, 4.69) is 5.32 Å². The van der Waals surface area contributed by atoms with Crippen molar-refractivity contribution in [3.05, 3.63) is 58.1 Å². The summed E-state index contributed by atoms with van der Waals surface area (Å²) in [6.07, 6.45) is 0. The smallest absolute Gasteiger partial charge is 0.344 e. The summed E-state index contributed by atoms with van der Waals surface area (Å²) in [5.41, 5.74) is 1.17. The second-order valence-electron chi connectivity index (χ2n) is 5.49. The van der Waals surface area contributed by atoms with Crippen LogP contribution in [0.2, 0.25) is 5.02 Å². The van der Waals surface area contributed by atoms with Crippen LogP contribution < -0.4 is 10.1 Å². The topological polar surface area (TPSA) is 64.6 Å². The SMILES string of the molecule is Cc1cc(Cl)cc(C)c1OCC(=O)OCC(=O)Nc1cc(F)ccc1F. The average Bonchev–Trinajstić information content (AvgIpc) is 2.55. The van der Waals surface area contributed by atoms with E-state index in [1.165, 1.54) is 0 Å². The fraction of sp³-hybridized carbons (Fsp3) is 0.222. The maximum absolute atomic E-state index is 13.4. The summed E-state index contributed by atoms with van der Waals surface area (Å²) in [5, 5.41) is 2.67. The molecule has 0 aliphatic carbocycles. The first-order valence-corrected chi connectivity index (χ1v) is 7.94. The van der Waals surface area contributed by atoms with Gasteiger partial charge in [-0.15, -0.1) is 0 Å². The van der Waals surface area contributed by atoms with Gasteiger partial charge in [0.05, 0.1) is 5.69 Å². The lowest BCUT2D eigenvalue weighted by Crippen LogP contribution is -2.24. The third-order valence-corrected chi connectivity index (χ3v) is 3.54. The molecule has 5 nitrogen and oxygen atoms in total. The number of hydrogen-bond acceptors (Lipinski definition) is 4. The highest BCUT2D eigenvalue weighted by atomic mass is 35.5. The van der Waals surface area contributed by atoms with E-state index in [1.807, 2.05) is 0 Å². The Morgan fingerprint density at radius 3 is 2.38 bits per heavy atom. The molecule has 26 heavy (non-hydrogen) atoms. The third kappa shape index (κ3) is 5.42. The number of ether oxygens (including phenoxy) is 2. The zero-order valence-corrected chi connectivity index (χ0v) is 14.8. The van der Waals surface area contributed by atoms with Gasteiger partial charge in [-0.25, -0.2) is 13.6 Å². The molecular weight excluding hydrogens is 368 g/mol. The monoisotopic (exact) mass is 383 g/mol. The van der Waals surface area contributed by atoms with E-state index in [9.17, 15) is 18.4 Å². The molecule has 2 rings (SSSR count). The predicted octanol–water partition coefficient (Wildman–Crippen LogP) is 3.80. The minimum Gasteiger partial charge on any atom is -0.481 e. The highest BCUT2D eigenvalue weighted by Crippen LogP contribution is 2.27. The Labute approximate surface area is 153 Å². The molecular formula is C18H16ClF2NO4. The van der Waals surface area contributed by atoms with Crippen LogP contribution in [0.25, 0.3) is 0 Å². The van der Waals surface area contributed by atoms with E-state index in [4.69, 9.17) is 21.1 Å². The first-order chi connectivity index (χ1) is 12.3. The van der Waals surface area contributed by atoms with Crippen molar-refractivity contribution < 1.29 is 27.8 Å². The van der Waals surface area contributed by atoms with Crippen molar-refractivity contribution in [1.82, 2.24) is 0 Å². The standard InChI is InChI=1S/C18H16ClF2NO4/c1-10-5-12(19)6-11(2)18(10)26-9-17(24)25-8-16(23)22-15-7-13(20)3-4-14(15)21/h3-7H,8-9H2,1-2H3,(H,22,23). The molecule has 8 heteroatoms.